The molecule has 0 unspecified atom stereocenters. The fourth-order valence-electron chi connectivity index (χ4n) is 3.40. The predicted octanol–water partition coefficient (Wildman–Crippen LogP) is 6.00. The first-order valence-electron chi connectivity index (χ1n) is 10.6. The average molecular weight is 507 g/mol. The molecular formula is C24H22N6OS3. The van der Waals surface area contributed by atoms with E-state index in [2.05, 4.69) is 63.2 Å². The highest BCUT2D eigenvalue weighted by atomic mass is 32.2. The number of amides is 1. The first-order chi connectivity index (χ1) is 16.4. The first-order valence-corrected chi connectivity index (χ1v) is 13.3. The van der Waals surface area contributed by atoms with Gasteiger partial charge in [0.1, 0.15) is 5.01 Å². The van der Waals surface area contributed by atoms with Crippen LogP contribution in [0.15, 0.2) is 65.1 Å². The Morgan fingerprint density at radius 3 is 2.53 bits per heavy atom. The molecule has 0 aliphatic heterocycles. The molecule has 1 N–H and O–H groups in total. The monoisotopic (exact) mass is 506 g/mol. The Balaban J connectivity index is 1.24. The molecule has 0 bridgehead atoms. The van der Waals surface area contributed by atoms with E-state index in [9.17, 15) is 4.79 Å². The summed E-state index contributed by atoms with van der Waals surface area (Å²) in [5, 5.41) is 14.8. The summed E-state index contributed by atoms with van der Waals surface area (Å²) in [6.07, 6.45) is 0. The third kappa shape index (κ3) is 4.75. The summed E-state index contributed by atoms with van der Waals surface area (Å²) in [5.41, 5.74) is 4.43. The van der Waals surface area contributed by atoms with Crippen LogP contribution in [0, 0.1) is 0 Å². The van der Waals surface area contributed by atoms with Crippen molar-refractivity contribution in [3.8, 4) is 21.8 Å². The van der Waals surface area contributed by atoms with Gasteiger partial charge in [0.05, 0.1) is 11.4 Å². The largest absolute Gasteiger partial charge is 0.293 e. The van der Waals surface area contributed by atoms with Crippen molar-refractivity contribution in [3.05, 3.63) is 65.5 Å². The van der Waals surface area contributed by atoms with Gasteiger partial charge in [-0.3, -0.25) is 14.5 Å². The number of carbonyl (C=O) groups excluding carboxylic acids is 1. The summed E-state index contributed by atoms with van der Waals surface area (Å²) in [6, 6.07) is 18.4. The zero-order valence-corrected chi connectivity index (χ0v) is 21.3. The zero-order valence-electron chi connectivity index (χ0n) is 18.8. The number of anilines is 1. The van der Waals surface area contributed by atoms with E-state index in [4.69, 9.17) is 0 Å². The van der Waals surface area contributed by atoms with Gasteiger partial charge in [-0.25, -0.2) is 0 Å². The minimum Gasteiger partial charge on any atom is -0.293 e. The molecule has 0 aliphatic carbocycles. The van der Waals surface area contributed by atoms with Crippen LogP contribution in [0.2, 0.25) is 0 Å². The predicted molar refractivity (Wildman–Crippen MR) is 140 cm³/mol. The lowest BCUT2D eigenvalue weighted by Gasteiger charge is -2.18. The smallest absolute Gasteiger partial charge is 0.241 e. The van der Waals surface area contributed by atoms with E-state index in [1.807, 2.05) is 46.9 Å². The number of nitrogens with one attached hydrogen (secondary N) is 1. The Morgan fingerprint density at radius 1 is 1.03 bits per heavy atom. The summed E-state index contributed by atoms with van der Waals surface area (Å²) in [5.74, 6) is 0.308. The molecule has 10 heteroatoms. The Kier molecular flexibility index (Phi) is 6.20. The molecule has 0 atom stereocenters. The SMILES string of the molecule is CC(C)(C)c1ccc(-c2nc(NC(=O)CSc3nnc4scc(-c5ccccc5)n34)ns2)cc1. The van der Waals surface area contributed by atoms with Gasteiger partial charge in [-0.2, -0.15) is 9.36 Å². The van der Waals surface area contributed by atoms with Crippen molar-refractivity contribution < 1.29 is 4.79 Å². The molecule has 3 aromatic heterocycles. The normalized spacial score (nSPS) is 11.7. The molecule has 2 aromatic carbocycles. The van der Waals surface area contributed by atoms with E-state index in [-0.39, 0.29) is 17.1 Å². The van der Waals surface area contributed by atoms with Crippen molar-refractivity contribution in [2.75, 3.05) is 11.1 Å². The molecule has 3 heterocycles. The molecule has 172 valence electrons. The average Bonchev–Trinajstić information content (AvgIpc) is 3.55. The fraction of sp³-hybridized carbons (Fsp3) is 0.208. The molecule has 0 fully saturated rings. The standard InChI is InChI=1S/C24H22N6OS3/c1-24(2,3)17-11-9-16(10-12-17)20-26-21(29-34-20)25-19(31)14-33-23-28-27-22-30(23)18(13-32-22)15-7-5-4-6-8-15/h4-13H,14H2,1-3H3,(H,25,29,31). The van der Waals surface area contributed by atoms with E-state index in [0.29, 0.717) is 11.1 Å². The second-order valence-corrected chi connectivity index (χ2v) is 11.2. The van der Waals surface area contributed by atoms with E-state index in [1.54, 1.807) is 0 Å². The first kappa shape index (κ1) is 22.7. The number of thioether (sulfide) groups is 1. The molecule has 0 saturated heterocycles. The molecule has 0 radical (unpaired) electrons. The van der Waals surface area contributed by atoms with Crippen LogP contribution in [0.25, 0.3) is 26.8 Å². The maximum atomic E-state index is 12.6. The van der Waals surface area contributed by atoms with Crippen molar-refractivity contribution >= 4 is 51.4 Å². The van der Waals surface area contributed by atoms with Crippen LogP contribution >= 0.6 is 34.6 Å². The van der Waals surface area contributed by atoms with Crippen molar-refractivity contribution in [2.45, 2.75) is 31.3 Å². The van der Waals surface area contributed by atoms with Crippen LogP contribution in [-0.2, 0) is 10.2 Å². The van der Waals surface area contributed by atoms with Gasteiger partial charge < -0.3 is 0 Å². The van der Waals surface area contributed by atoms with Gasteiger partial charge in [0.2, 0.25) is 16.8 Å². The van der Waals surface area contributed by atoms with E-state index >= 15 is 0 Å². The molecule has 34 heavy (non-hydrogen) atoms. The summed E-state index contributed by atoms with van der Waals surface area (Å²) in [6.45, 7) is 6.55. The molecule has 0 spiro atoms. The molecule has 0 saturated carbocycles. The number of hydrogen-bond donors (Lipinski definition) is 1. The Hall–Kier alpha value is -3.08. The van der Waals surface area contributed by atoms with Crippen molar-refractivity contribution in [1.29, 1.82) is 0 Å². The number of rotatable bonds is 6. The summed E-state index contributed by atoms with van der Waals surface area (Å²) < 4.78 is 6.29. The summed E-state index contributed by atoms with van der Waals surface area (Å²) in [7, 11) is 0. The Bertz CT molecular complexity index is 1430. The lowest BCUT2D eigenvalue weighted by Crippen LogP contribution is -2.15. The van der Waals surface area contributed by atoms with Crippen LogP contribution in [0.5, 0.6) is 0 Å². The van der Waals surface area contributed by atoms with Crippen LogP contribution in [0.4, 0.5) is 5.95 Å². The lowest BCUT2D eigenvalue weighted by molar-refractivity contribution is -0.113. The zero-order chi connectivity index (χ0) is 23.7. The highest BCUT2D eigenvalue weighted by molar-refractivity contribution is 7.99. The maximum Gasteiger partial charge on any atom is 0.241 e. The van der Waals surface area contributed by atoms with Crippen LogP contribution < -0.4 is 5.32 Å². The molecule has 1 amide bonds. The van der Waals surface area contributed by atoms with Crippen molar-refractivity contribution in [2.24, 2.45) is 0 Å². The van der Waals surface area contributed by atoms with E-state index in [1.165, 1.54) is 40.2 Å². The minimum atomic E-state index is -0.189. The fourth-order valence-corrected chi connectivity index (χ4v) is 5.66. The second-order valence-electron chi connectivity index (χ2n) is 8.67. The number of carbonyl (C=O) groups is 1. The Labute approximate surface area is 209 Å². The van der Waals surface area contributed by atoms with E-state index in [0.717, 1.165) is 26.8 Å². The molecular weight excluding hydrogens is 485 g/mol. The molecule has 0 aliphatic rings. The number of hydrogen-bond acceptors (Lipinski definition) is 8. The highest BCUT2D eigenvalue weighted by Crippen LogP contribution is 2.30. The van der Waals surface area contributed by atoms with Crippen LogP contribution in [0.3, 0.4) is 0 Å². The van der Waals surface area contributed by atoms with Gasteiger partial charge in [0.15, 0.2) is 5.16 Å². The highest BCUT2D eigenvalue weighted by Gasteiger charge is 2.17. The summed E-state index contributed by atoms with van der Waals surface area (Å²) >= 11 is 4.13. The number of nitrogens with zero attached hydrogens (tertiary/aromatic N) is 5. The second kappa shape index (κ2) is 9.28. The third-order valence-electron chi connectivity index (χ3n) is 5.20. The van der Waals surface area contributed by atoms with Gasteiger partial charge in [0, 0.05) is 10.9 Å². The lowest BCUT2D eigenvalue weighted by atomic mass is 9.87. The number of aromatic nitrogens is 5. The third-order valence-corrected chi connectivity index (χ3v) is 7.71. The van der Waals surface area contributed by atoms with Gasteiger partial charge in [-0.15, -0.1) is 21.5 Å². The maximum absolute atomic E-state index is 12.6. The topological polar surface area (TPSA) is 85.1 Å². The quantitative estimate of drug-likeness (QED) is 0.284. The van der Waals surface area contributed by atoms with Gasteiger partial charge in [-0.05, 0) is 28.1 Å². The number of fused-ring (bicyclic) bond motifs is 1. The minimum absolute atomic E-state index is 0.0945. The summed E-state index contributed by atoms with van der Waals surface area (Å²) in [4.78, 5) is 17.9. The van der Waals surface area contributed by atoms with Crippen molar-refractivity contribution in [3.63, 3.8) is 0 Å². The van der Waals surface area contributed by atoms with E-state index < -0.39 is 0 Å². The van der Waals surface area contributed by atoms with Crippen LogP contribution in [-0.4, -0.2) is 35.6 Å². The number of thiazole rings is 1. The van der Waals surface area contributed by atoms with Gasteiger partial charge in [0.25, 0.3) is 0 Å². The van der Waals surface area contributed by atoms with Gasteiger partial charge >= 0.3 is 0 Å². The molecule has 5 aromatic rings. The van der Waals surface area contributed by atoms with Crippen LogP contribution in [0.1, 0.15) is 26.3 Å². The molecule has 5 rings (SSSR count). The molecule has 7 nitrogen and oxygen atoms in total. The Morgan fingerprint density at radius 2 is 1.79 bits per heavy atom. The van der Waals surface area contributed by atoms with Crippen molar-refractivity contribution in [1.82, 2.24) is 24.0 Å². The van der Waals surface area contributed by atoms with Gasteiger partial charge in [-0.1, -0.05) is 87.1 Å². The number of benzene rings is 2.